The van der Waals surface area contributed by atoms with Crippen molar-refractivity contribution in [2.75, 3.05) is 6.54 Å². The minimum atomic E-state index is -3.91. The maximum absolute atomic E-state index is 12.4. The summed E-state index contributed by atoms with van der Waals surface area (Å²) in [7, 11) is -3.91. The van der Waals surface area contributed by atoms with E-state index in [9.17, 15) is 23.3 Å². The van der Waals surface area contributed by atoms with Crippen molar-refractivity contribution in [1.29, 1.82) is 0 Å². The van der Waals surface area contributed by atoms with Crippen molar-refractivity contribution in [2.24, 2.45) is 0 Å². The normalized spacial score (nSPS) is 12.9. The predicted molar refractivity (Wildman–Crippen MR) is 72.7 cm³/mol. The Morgan fingerprint density at radius 1 is 1.40 bits per heavy atom. The van der Waals surface area contributed by atoms with E-state index in [1.807, 2.05) is 0 Å². The highest BCUT2D eigenvalue weighted by Crippen LogP contribution is 2.20. The monoisotopic (exact) mass is 298 g/mol. The number of rotatable bonds is 7. The molecule has 0 fully saturated rings. The number of hydrogen-bond donors (Lipinski definition) is 0. The Morgan fingerprint density at radius 3 is 2.35 bits per heavy atom. The number of aldehydes is 1. The van der Waals surface area contributed by atoms with Crippen molar-refractivity contribution in [2.45, 2.75) is 17.9 Å². The van der Waals surface area contributed by atoms with E-state index < -0.39 is 21.0 Å². The smallest absolute Gasteiger partial charge is 0.269 e. The molecule has 0 saturated carbocycles. The average molecular weight is 298 g/mol. The van der Waals surface area contributed by atoms with Crippen molar-refractivity contribution >= 4 is 22.0 Å². The average Bonchev–Trinajstić information content (AvgIpc) is 2.43. The molecule has 0 aliphatic carbocycles. The first-order valence-corrected chi connectivity index (χ1v) is 7.11. The Hall–Kier alpha value is -2.06. The molecule has 0 radical (unpaired) electrons. The third-order valence-corrected chi connectivity index (χ3v) is 4.58. The molecule has 0 unspecified atom stereocenters. The van der Waals surface area contributed by atoms with Gasteiger partial charge in [-0.1, -0.05) is 6.08 Å². The number of carbonyl (C=O) groups excluding carboxylic acids is 1. The van der Waals surface area contributed by atoms with Crippen molar-refractivity contribution in [3.8, 4) is 0 Å². The Bertz CT molecular complexity index is 609. The predicted octanol–water partition coefficient (Wildman–Crippen LogP) is 1.36. The van der Waals surface area contributed by atoms with Crippen molar-refractivity contribution in [3.05, 3.63) is 47.0 Å². The van der Waals surface area contributed by atoms with Crippen LogP contribution in [0, 0.1) is 10.1 Å². The molecule has 0 N–H and O–H groups in total. The van der Waals surface area contributed by atoms with Crippen LogP contribution >= 0.6 is 0 Å². The van der Waals surface area contributed by atoms with Gasteiger partial charge >= 0.3 is 0 Å². The molecule has 0 aromatic heterocycles. The first-order valence-electron chi connectivity index (χ1n) is 5.67. The minimum absolute atomic E-state index is 0.0285. The van der Waals surface area contributed by atoms with Gasteiger partial charge in [0.25, 0.3) is 5.69 Å². The van der Waals surface area contributed by atoms with Crippen LogP contribution < -0.4 is 0 Å². The van der Waals surface area contributed by atoms with Crippen LogP contribution in [-0.2, 0) is 14.8 Å². The quantitative estimate of drug-likeness (QED) is 0.327. The third-order valence-electron chi connectivity index (χ3n) is 2.61. The molecular formula is C12H14N2O5S. The van der Waals surface area contributed by atoms with E-state index in [0.717, 1.165) is 28.6 Å². The van der Waals surface area contributed by atoms with Gasteiger partial charge in [0.1, 0.15) is 6.29 Å². The number of nitro groups is 1. The summed E-state index contributed by atoms with van der Waals surface area (Å²) in [4.78, 5) is 20.6. The summed E-state index contributed by atoms with van der Waals surface area (Å²) in [6.45, 7) is 4.87. The van der Waals surface area contributed by atoms with Gasteiger partial charge in [-0.2, -0.15) is 4.31 Å². The molecule has 1 aromatic carbocycles. The molecule has 0 saturated heterocycles. The maximum atomic E-state index is 12.4. The summed E-state index contributed by atoms with van der Waals surface area (Å²) < 4.78 is 25.7. The molecule has 20 heavy (non-hydrogen) atoms. The highest BCUT2D eigenvalue weighted by molar-refractivity contribution is 7.89. The molecule has 108 valence electrons. The number of non-ortho nitro benzene ring substituents is 1. The fourth-order valence-electron chi connectivity index (χ4n) is 1.55. The Labute approximate surface area is 116 Å². The van der Waals surface area contributed by atoms with Gasteiger partial charge in [-0.3, -0.25) is 10.1 Å². The second kappa shape index (κ2) is 6.40. The van der Waals surface area contributed by atoms with E-state index in [2.05, 4.69) is 6.58 Å². The molecule has 0 spiro atoms. The zero-order valence-electron chi connectivity index (χ0n) is 10.8. The topological polar surface area (TPSA) is 97.6 Å². The van der Waals surface area contributed by atoms with Crippen molar-refractivity contribution in [1.82, 2.24) is 4.31 Å². The molecule has 1 rings (SSSR count). The number of nitrogens with zero attached hydrogens (tertiary/aromatic N) is 2. The van der Waals surface area contributed by atoms with Gasteiger partial charge in [-0.25, -0.2) is 8.42 Å². The van der Waals surface area contributed by atoms with E-state index in [-0.39, 0.29) is 17.1 Å². The zero-order valence-corrected chi connectivity index (χ0v) is 11.6. The van der Waals surface area contributed by atoms with Crippen LogP contribution in [0.1, 0.15) is 6.92 Å². The van der Waals surface area contributed by atoms with Crippen LogP contribution in [0.15, 0.2) is 41.8 Å². The van der Waals surface area contributed by atoms with Gasteiger partial charge in [0.05, 0.1) is 15.9 Å². The fraction of sp³-hybridized carbons (Fsp3) is 0.250. The molecule has 0 bridgehead atoms. The summed E-state index contributed by atoms with van der Waals surface area (Å²) in [6, 6.07) is 3.63. The molecule has 0 amide bonds. The van der Waals surface area contributed by atoms with E-state index in [1.165, 1.54) is 13.0 Å². The molecule has 1 aromatic rings. The van der Waals surface area contributed by atoms with Crippen LogP contribution in [-0.4, -0.2) is 36.5 Å². The van der Waals surface area contributed by atoms with E-state index in [4.69, 9.17) is 0 Å². The Balaban J connectivity index is 3.22. The SMILES string of the molecule is C=CCN([C@@H](C)C=O)S(=O)(=O)c1ccc([N+](=O)[O-])cc1. The summed E-state index contributed by atoms with van der Waals surface area (Å²) in [5, 5.41) is 10.5. The lowest BCUT2D eigenvalue weighted by atomic mass is 10.3. The van der Waals surface area contributed by atoms with Crippen LogP contribution in [0.5, 0.6) is 0 Å². The molecule has 7 nitrogen and oxygen atoms in total. The van der Waals surface area contributed by atoms with E-state index in [1.54, 1.807) is 0 Å². The molecule has 8 heteroatoms. The lowest BCUT2D eigenvalue weighted by Crippen LogP contribution is -2.39. The molecular weight excluding hydrogens is 284 g/mol. The lowest BCUT2D eigenvalue weighted by molar-refractivity contribution is -0.384. The van der Waals surface area contributed by atoms with Gasteiger partial charge < -0.3 is 4.79 Å². The summed E-state index contributed by atoms with van der Waals surface area (Å²) in [5.41, 5.74) is -0.206. The largest absolute Gasteiger partial charge is 0.302 e. The van der Waals surface area contributed by atoms with Crippen LogP contribution in [0.3, 0.4) is 0 Å². The lowest BCUT2D eigenvalue weighted by Gasteiger charge is -2.23. The highest BCUT2D eigenvalue weighted by Gasteiger charge is 2.28. The molecule has 0 heterocycles. The molecule has 0 aliphatic rings. The summed E-state index contributed by atoms with van der Waals surface area (Å²) in [5.74, 6) is 0. The van der Waals surface area contributed by atoms with Crippen LogP contribution in [0.4, 0.5) is 5.69 Å². The van der Waals surface area contributed by atoms with Gasteiger partial charge in [0, 0.05) is 18.7 Å². The van der Waals surface area contributed by atoms with E-state index in [0.29, 0.717) is 6.29 Å². The Kier molecular flexibility index (Phi) is 5.12. The molecule has 0 aliphatic heterocycles. The highest BCUT2D eigenvalue weighted by atomic mass is 32.2. The fourth-order valence-corrected chi connectivity index (χ4v) is 3.09. The van der Waals surface area contributed by atoms with Crippen molar-refractivity contribution < 1.29 is 18.1 Å². The second-order valence-electron chi connectivity index (χ2n) is 3.99. The van der Waals surface area contributed by atoms with Crippen molar-refractivity contribution in [3.63, 3.8) is 0 Å². The van der Waals surface area contributed by atoms with Gasteiger partial charge in [0.2, 0.25) is 10.0 Å². The van der Waals surface area contributed by atoms with Gasteiger partial charge in [-0.15, -0.1) is 6.58 Å². The number of carbonyl (C=O) groups is 1. The number of sulfonamides is 1. The standard InChI is InChI=1S/C12H14N2O5S/c1-3-8-13(10(2)9-15)20(18,19)12-6-4-11(5-7-12)14(16)17/h3-7,9-10H,1,8H2,2H3/t10-/m0/s1. The number of nitro benzene ring substituents is 1. The van der Waals surface area contributed by atoms with Gasteiger partial charge in [-0.05, 0) is 19.1 Å². The van der Waals surface area contributed by atoms with E-state index >= 15 is 0 Å². The summed E-state index contributed by atoms with van der Waals surface area (Å²) >= 11 is 0. The van der Waals surface area contributed by atoms with Crippen LogP contribution in [0.25, 0.3) is 0 Å². The first-order chi connectivity index (χ1) is 9.34. The Morgan fingerprint density at radius 2 is 1.95 bits per heavy atom. The third kappa shape index (κ3) is 3.28. The van der Waals surface area contributed by atoms with Gasteiger partial charge in [0.15, 0.2) is 0 Å². The first kappa shape index (κ1) is 16.0. The summed E-state index contributed by atoms with van der Waals surface area (Å²) in [6.07, 6.45) is 1.87. The molecule has 1 atom stereocenters. The minimum Gasteiger partial charge on any atom is -0.302 e. The maximum Gasteiger partial charge on any atom is 0.269 e. The number of hydrogen-bond acceptors (Lipinski definition) is 5. The van der Waals surface area contributed by atoms with Crippen LogP contribution in [0.2, 0.25) is 0 Å². The number of benzene rings is 1. The second-order valence-corrected chi connectivity index (χ2v) is 5.88. The zero-order chi connectivity index (χ0) is 15.3.